The summed E-state index contributed by atoms with van der Waals surface area (Å²) in [6.07, 6.45) is 6.55. The average Bonchev–Trinajstić information content (AvgIpc) is 2.38. The first-order chi connectivity index (χ1) is 8.66. The summed E-state index contributed by atoms with van der Waals surface area (Å²) in [4.78, 5) is 10.8. The van der Waals surface area contributed by atoms with Crippen LogP contribution in [0.1, 0.15) is 42.5 Å². The summed E-state index contributed by atoms with van der Waals surface area (Å²) < 4.78 is 0. The van der Waals surface area contributed by atoms with Crippen LogP contribution < -0.4 is 11.1 Å². The summed E-state index contributed by atoms with van der Waals surface area (Å²) in [5, 5.41) is 12.2. The van der Waals surface area contributed by atoms with E-state index in [1.165, 1.54) is 38.2 Å². The maximum absolute atomic E-state index is 10.8. The Morgan fingerprint density at radius 2 is 2.06 bits per heavy atom. The first-order valence-corrected chi connectivity index (χ1v) is 6.53. The van der Waals surface area contributed by atoms with Crippen molar-refractivity contribution in [3.05, 3.63) is 23.8 Å². The van der Waals surface area contributed by atoms with E-state index in [-0.39, 0.29) is 5.56 Å². The van der Waals surface area contributed by atoms with Crippen LogP contribution in [-0.2, 0) is 0 Å². The zero-order valence-corrected chi connectivity index (χ0v) is 10.5. The number of aromatic carboxylic acids is 1. The molecule has 0 radical (unpaired) electrons. The minimum Gasteiger partial charge on any atom is -0.478 e. The van der Waals surface area contributed by atoms with Crippen molar-refractivity contribution in [3.63, 3.8) is 0 Å². The molecule has 1 aromatic carbocycles. The zero-order valence-electron chi connectivity index (χ0n) is 10.5. The van der Waals surface area contributed by atoms with Gasteiger partial charge in [-0.2, -0.15) is 0 Å². The highest BCUT2D eigenvalue weighted by molar-refractivity contribution is 5.90. The number of carbonyl (C=O) groups is 1. The number of carboxylic acids is 1. The molecular formula is C14H20N2O2. The number of rotatable bonds is 4. The van der Waals surface area contributed by atoms with Crippen molar-refractivity contribution in [1.29, 1.82) is 0 Å². The van der Waals surface area contributed by atoms with Crippen LogP contribution in [0.3, 0.4) is 0 Å². The highest BCUT2D eigenvalue weighted by Gasteiger charge is 2.13. The van der Waals surface area contributed by atoms with Crippen molar-refractivity contribution in [2.45, 2.75) is 32.1 Å². The number of carboxylic acid groups (broad SMARTS) is 1. The number of hydrogen-bond donors (Lipinski definition) is 3. The maximum Gasteiger partial charge on any atom is 0.335 e. The summed E-state index contributed by atoms with van der Waals surface area (Å²) in [6.45, 7) is 0.927. The van der Waals surface area contributed by atoms with E-state index in [1.54, 1.807) is 12.1 Å². The molecular weight excluding hydrogens is 228 g/mol. The summed E-state index contributed by atoms with van der Waals surface area (Å²) in [6, 6.07) is 4.84. The van der Waals surface area contributed by atoms with Crippen LogP contribution >= 0.6 is 0 Å². The molecule has 4 N–H and O–H groups in total. The van der Waals surface area contributed by atoms with Gasteiger partial charge < -0.3 is 16.2 Å². The third kappa shape index (κ3) is 3.15. The van der Waals surface area contributed by atoms with Gasteiger partial charge in [0.2, 0.25) is 0 Å². The molecule has 98 valence electrons. The van der Waals surface area contributed by atoms with Gasteiger partial charge in [0.05, 0.1) is 16.9 Å². The molecule has 1 fully saturated rings. The van der Waals surface area contributed by atoms with E-state index in [1.807, 2.05) is 0 Å². The van der Waals surface area contributed by atoms with E-state index in [9.17, 15) is 4.79 Å². The lowest BCUT2D eigenvalue weighted by Gasteiger charge is -2.22. The number of nitrogens with two attached hydrogens (primary N) is 1. The fraction of sp³-hybridized carbons (Fsp3) is 0.500. The molecule has 0 bridgehead atoms. The second-order valence-electron chi connectivity index (χ2n) is 4.99. The summed E-state index contributed by atoms with van der Waals surface area (Å²) in [5.74, 6) is -0.224. The molecule has 0 aromatic heterocycles. The van der Waals surface area contributed by atoms with Crippen LogP contribution in [0.25, 0.3) is 0 Å². The molecule has 1 aliphatic rings. The average molecular weight is 248 g/mol. The molecule has 1 aromatic rings. The third-order valence-electron chi connectivity index (χ3n) is 3.60. The van der Waals surface area contributed by atoms with Crippen LogP contribution in [0.2, 0.25) is 0 Å². The van der Waals surface area contributed by atoms with Crippen LogP contribution in [0.15, 0.2) is 18.2 Å². The second-order valence-corrected chi connectivity index (χ2v) is 4.99. The molecule has 4 nitrogen and oxygen atoms in total. The van der Waals surface area contributed by atoms with Crippen LogP contribution in [0.5, 0.6) is 0 Å². The third-order valence-corrected chi connectivity index (χ3v) is 3.60. The Hall–Kier alpha value is -1.71. The second kappa shape index (κ2) is 5.76. The van der Waals surface area contributed by atoms with Crippen LogP contribution in [0, 0.1) is 5.92 Å². The number of anilines is 2. The molecule has 4 heteroatoms. The molecule has 0 saturated heterocycles. The lowest BCUT2D eigenvalue weighted by molar-refractivity contribution is 0.0697. The minimum absolute atomic E-state index is 0.232. The quantitative estimate of drug-likeness (QED) is 0.716. The highest BCUT2D eigenvalue weighted by atomic mass is 16.4. The van der Waals surface area contributed by atoms with Gasteiger partial charge in [-0.15, -0.1) is 0 Å². The minimum atomic E-state index is -0.944. The predicted octanol–water partition coefficient (Wildman–Crippen LogP) is 2.96. The Bertz CT molecular complexity index is 426. The highest BCUT2D eigenvalue weighted by Crippen LogP contribution is 2.25. The van der Waals surface area contributed by atoms with Crippen LogP contribution in [-0.4, -0.2) is 17.6 Å². The monoisotopic (exact) mass is 248 g/mol. The fourth-order valence-corrected chi connectivity index (χ4v) is 2.50. The van der Waals surface area contributed by atoms with Crippen molar-refractivity contribution in [1.82, 2.24) is 0 Å². The van der Waals surface area contributed by atoms with Gasteiger partial charge in [-0.05, 0) is 37.0 Å². The fourth-order valence-electron chi connectivity index (χ4n) is 2.50. The molecule has 0 spiro atoms. The summed E-state index contributed by atoms with van der Waals surface area (Å²) in [5.41, 5.74) is 7.42. The summed E-state index contributed by atoms with van der Waals surface area (Å²) >= 11 is 0. The maximum atomic E-state index is 10.8. The molecule has 0 heterocycles. The number of benzene rings is 1. The largest absolute Gasteiger partial charge is 0.478 e. The lowest BCUT2D eigenvalue weighted by atomic mass is 9.89. The number of hydrogen-bond acceptors (Lipinski definition) is 3. The van der Waals surface area contributed by atoms with E-state index in [0.29, 0.717) is 5.69 Å². The van der Waals surface area contributed by atoms with Gasteiger partial charge in [-0.3, -0.25) is 0 Å². The normalized spacial score (nSPS) is 16.4. The Morgan fingerprint density at radius 1 is 1.33 bits per heavy atom. The summed E-state index contributed by atoms with van der Waals surface area (Å²) in [7, 11) is 0. The molecule has 0 amide bonds. The van der Waals surface area contributed by atoms with E-state index < -0.39 is 5.97 Å². The van der Waals surface area contributed by atoms with Gasteiger partial charge in [0.15, 0.2) is 0 Å². The SMILES string of the molecule is Nc1cc(C(=O)O)ccc1NCC1CCCCC1. The van der Waals surface area contributed by atoms with Crippen molar-refractivity contribution in [2.75, 3.05) is 17.6 Å². The topological polar surface area (TPSA) is 75.4 Å². The standard InChI is InChI=1S/C14H20N2O2/c15-12-8-11(14(17)18)6-7-13(12)16-9-10-4-2-1-3-5-10/h6-8,10,16H,1-5,9,15H2,(H,17,18). The Balaban J connectivity index is 1.94. The molecule has 0 unspecified atom stereocenters. The Morgan fingerprint density at radius 3 is 2.67 bits per heavy atom. The number of nitrogen functional groups attached to an aromatic ring is 1. The molecule has 0 aliphatic heterocycles. The van der Waals surface area contributed by atoms with Gasteiger partial charge >= 0.3 is 5.97 Å². The number of nitrogens with one attached hydrogen (secondary N) is 1. The lowest BCUT2D eigenvalue weighted by Crippen LogP contribution is -2.17. The van der Waals surface area contributed by atoms with Crippen molar-refractivity contribution < 1.29 is 9.90 Å². The predicted molar refractivity (Wildman–Crippen MR) is 72.9 cm³/mol. The molecule has 1 aliphatic carbocycles. The van der Waals surface area contributed by atoms with Crippen LogP contribution in [0.4, 0.5) is 11.4 Å². The first kappa shape index (κ1) is 12.7. The van der Waals surface area contributed by atoms with Crippen molar-refractivity contribution >= 4 is 17.3 Å². The zero-order chi connectivity index (χ0) is 13.0. The molecule has 18 heavy (non-hydrogen) atoms. The molecule has 1 saturated carbocycles. The smallest absolute Gasteiger partial charge is 0.335 e. The van der Waals surface area contributed by atoms with Gasteiger partial charge in [0.1, 0.15) is 0 Å². The van der Waals surface area contributed by atoms with Gasteiger partial charge in [0.25, 0.3) is 0 Å². The Kier molecular flexibility index (Phi) is 4.07. The molecule has 0 atom stereocenters. The van der Waals surface area contributed by atoms with E-state index >= 15 is 0 Å². The van der Waals surface area contributed by atoms with Crippen molar-refractivity contribution in [2.24, 2.45) is 5.92 Å². The molecule has 2 rings (SSSR count). The van der Waals surface area contributed by atoms with Crippen molar-refractivity contribution in [3.8, 4) is 0 Å². The van der Waals surface area contributed by atoms with E-state index in [2.05, 4.69) is 5.32 Å². The van der Waals surface area contributed by atoms with E-state index in [4.69, 9.17) is 10.8 Å². The first-order valence-electron chi connectivity index (χ1n) is 6.53. The van der Waals surface area contributed by atoms with Gasteiger partial charge in [0, 0.05) is 6.54 Å². The van der Waals surface area contributed by atoms with Gasteiger partial charge in [-0.1, -0.05) is 19.3 Å². The van der Waals surface area contributed by atoms with E-state index in [0.717, 1.165) is 18.2 Å². The Labute approximate surface area is 107 Å². The van der Waals surface area contributed by atoms with Gasteiger partial charge in [-0.25, -0.2) is 4.79 Å².